The lowest BCUT2D eigenvalue weighted by atomic mass is 10.2. The number of nitriles is 1. The minimum atomic E-state index is -0.404. The second-order valence-corrected chi connectivity index (χ2v) is 5.63. The van der Waals surface area contributed by atoms with Crippen molar-refractivity contribution in [2.24, 2.45) is 10.8 Å². The Labute approximate surface area is 148 Å². The normalized spacial score (nSPS) is 11.3. The summed E-state index contributed by atoms with van der Waals surface area (Å²) in [5, 5.41) is 29.3. The third-order valence-corrected chi connectivity index (χ3v) is 3.83. The van der Waals surface area contributed by atoms with E-state index in [0.29, 0.717) is 21.7 Å². The molecule has 3 rings (SSSR count). The van der Waals surface area contributed by atoms with E-state index in [1.165, 1.54) is 4.80 Å². The first-order chi connectivity index (χ1) is 12.0. The smallest absolute Gasteiger partial charge is 0.201 e. The maximum Gasteiger partial charge on any atom is 0.201 e. The fourth-order valence-corrected chi connectivity index (χ4v) is 2.25. The van der Waals surface area contributed by atoms with Gasteiger partial charge < -0.3 is 5.73 Å². The molecule has 4 N–H and O–H groups in total. The summed E-state index contributed by atoms with van der Waals surface area (Å²) >= 11 is 6.15. The molecule has 1 heterocycles. The van der Waals surface area contributed by atoms with Gasteiger partial charge in [-0.1, -0.05) is 17.7 Å². The van der Waals surface area contributed by atoms with Gasteiger partial charge in [-0.15, -0.1) is 10.2 Å². The van der Waals surface area contributed by atoms with Crippen LogP contribution in [0.4, 0.5) is 5.69 Å². The number of aromatic nitrogens is 3. The van der Waals surface area contributed by atoms with Gasteiger partial charge in [0.2, 0.25) is 5.71 Å². The Morgan fingerprint density at radius 3 is 2.72 bits per heavy atom. The van der Waals surface area contributed by atoms with Crippen LogP contribution < -0.4 is 11.2 Å². The molecule has 0 fully saturated rings. The van der Waals surface area contributed by atoms with Gasteiger partial charge in [0.1, 0.15) is 17.1 Å². The molecule has 0 amide bonds. The molecule has 9 heteroatoms. The van der Waals surface area contributed by atoms with Crippen LogP contribution in [-0.4, -0.2) is 26.5 Å². The highest BCUT2D eigenvalue weighted by molar-refractivity contribution is 6.45. The fourth-order valence-electron chi connectivity index (χ4n) is 2.07. The molecule has 0 aliphatic carbocycles. The van der Waals surface area contributed by atoms with Crippen LogP contribution in [0.15, 0.2) is 41.5 Å². The average molecular weight is 353 g/mol. The molecule has 0 saturated carbocycles. The number of rotatable bonds is 4. The van der Waals surface area contributed by atoms with Gasteiger partial charge in [0, 0.05) is 5.02 Å². The third kappa shape index (κ3) is 3.41. The number of amidine groups is 1. The minimum Gasteiger partial charge on any atom is -0.382 e. The maximum atomic E-state index is 8.84. The van der Waals surface area contributed by atoms with Gasteiger partial charge >= 0.3 is 0 Å². The summed E-state index contributed by atoms with van der Waals surface area (Å²) in [4.78, 5) is 1.50. The molecule has 0 aliphatic rings. The summed E-state index contributed by atoms with van der Waals surface area (Å²) in [6.07, 6.45) is 0. The number of hydrazone groups is 1. The van der Waals surface area contributed by atoms with Gasteiger partial charge in [0.15, 0.2) is 5.84 Å². The molecule has 124 valence electrons. The Morgan fingerprint density at radius 2 is 2.04 bits per heavy atom. The summed E-state index contributed by atoms with van der Waals surface area (Å²) in [5.74, 6) is -0.404. The van der Waals surface area contributed by atoms with Crippen molar-refractivity contribution in [3.8, 4) is 11.8 Å². The van der Waals surface area contributed by atoms with Crippen LogP contribution in [0.2, 0.25) is 5.02 Å². The lowest BCUT2D eigenvalue weighted by Gasteiger charge is -2.01. The molecule has 0 aliphatic heterocycles. The highest BCUT2D eigenvalue weighted by atomic mass is 35.5. The average Bonchev–Trinajstić information content (AvgIpc) is 3.01. The molecule has 0 saturated heterocycles. The van der Waals surface area contributed by atoms with Crippen molar-refractivity contribution in [1.82, 2.24) is 15.0 Å². The predicted molar refractivity (Wildman–Crippen MR) is 97.2 cm³/mol. The molecule has 0 bridgehead atoms. The highest BCUT2D eigenvalue weighted by Gasteiger charge is 2.07. The first-order valence-electron chi connectivity index (χ1n) is 7.20. The number of anilines is 1. The number of fused-ring (bicyclic) bond motifs is 1. The molecular formula is C16H13ClN8. The lowest BCUT2D eigenvalue weighted by Crippen LogP contribution is -2.21. The van der Waals surface area contributed by atoms with Crippen molar-refractivity contribution in [1.29, 1.82) is 10.7 Å². The van der Waals surface area contributed by atoms with Crippen molar-refractivity contribution in [2.75, 3.05) is 5.43 Å². The molecule has 0 spiro atoms. The Kier molecular flexibility index (Phi) is 4.33. The predicted octanol–water partition coefficient (Wildman–Crippen LogP) is 2.61. The van der Waals surface area contributed by atoms with Crippen LogP contribution in [0.5, 0.6) is 0 Å². The second kappa shape index (κ2) is 6.59. The van der Waals surface area contributed by atoms with Crippen molar-refractivity contribution in [3.05, 3.63) is 47.0 Å². The number of nitrogens with two attached hydrogens (primary N) is 1. The summed E-state index contributed by atoms with van der Waals surface area (Å²) in [6, 6.07) is 12.6. The van der Waals surface area contributed by atoms with E-state index in [1.54, 1.807) is 30.3 Å². The monoisotopic (exact) mass is 352 g/mol. The number of halogens is 1. The Hall–Kier alpha value is -3.44. The zero-order valence-corrected chi connectivity index (χ0v) is 13.9. The van der Waals surface area contributed by atoms with Gasteiger partial charge in [0.25, 0.3) is 0 Å². The molecule has 1 aromatic heterocycles. The van der Waals surface area contributed by atoms with E-state index in [-0.39, 0.29) is 5.71 Å². The number of hydrogen-bond donors (Lipinski definition) is 3. The molecule has 0 atom stereocenters. The molecule has 0 radical (unpaired) electrons. The molecule has 0 unspecified atom stereocenters. The zero-order valence-electron chi connectivity index (χ0n) is 13.2. The topological polar surface area (TPSA) is 129 Å². The zero-order chi connectivity index (χ0) is 18.0. The van der Waals surface area contributed by atoms with E-state index in [9.17, 15) is 0 Å². The first kappa shape index (κ1) is 16.4. The van der Waals surface area contributed by atoms with E-state index in [2.05, 4.69) is 20.7 Å². The van der Waals surface area contributed by atoms with Crippen LogP contribution in [0.25, 0.3) is 16.7 Å². The Bertz CT molecular complexity index is 1040. The summed E-state index contributed by atoms with van der Waals surface area (Å²) in [6.45, 7) is 1.92. The van der Waals surface area contributed by atoms with E-state index in [4.69, 9.17) is 28.0 Å². The van der Waals surface area contributed by atoms with Gasteiger partial charge in [-0.05, 0) is 42.8 Å². The quantitative estimate of drug-likeness (QED) is 0.377. The van der Waals surface area contributed by atoms with Crippen molar-refractivity contribution in [2.45, 2.75) is 6.92 Å². The SMILES string of the molecule is Cc1ccc(-n2nc3ccc(N/N=C(\C#N)C(=N)N)cc3n2)cc1Cl. The van der Waals surface area contributed by atoms with Crippen LogP contribution in [0, 0.1) is 23.7 Å². The largest absolute Gasteiger partial charge is 0.382 e. The number of benzene rings is 2. The standard InChI is InChI=1S/C16H13ClN8/c1-9-2-4-11(7-12(9)17)25-23-13-5-3-10(6-14(13)24-25)21-22-15(8-18)16(19)20/h2-7,21H,1H3,(H3,19,20)/b22-15+. The second-order valence-electron chi connectivity index (χ2n) is 5.22. The molecule has 8 nitrogen and oxygen atoms in total. The molecular weight excluding hydrogens is 340 g/mol. The Balaban J connectivity index is 1.93. The van der Waals surface area contributed by atoms with Crippen LogP contribution >= 0.6 is 11.6 Å². The first-order valence-corrected chi connectivity index (χ1v) is 7.57. The fraction of sp³-hybridized carbons (Fsp3) is 0.0625. The highest BCUT2D eigenvalue weighted by Crippen LogP contribution is 2.21. The van der Waals surface area contributed by atoms with Gasteiger partial charge in [-0.25, -0.2) is 0 Å². The number of aryl methyl sites for hydroxylation is 1. The van der Waals surface area contributed by atoms with Crippen molar-refractivity contribution in [3.63, 3.8) is 0 Å². The van der Waals surface area contributed by atoms with Crippen LogP contribution in [-0.2, 0) is 0 Å². The van der Waals surface area contributed by atoms with Crippen LogP contribution in [0.1, 0.15) is 5.56 Å². The molecule has 3 aromatic rings. The number of hydrogen-bond acceptors (Lipinski definition) is 6. The minimum absolute atomic E-state index is 0.196. The van der Waals surface area contributed by atoms with Crippen molar-refractivity contribution >= 4 is 39.9 Å². The summed E-state index contributed by atoms with van der Waals surface area (Å²) in [7, 11) is 0. The molecule has 25 heavy (non-hydrogen) atoms. The van der Waals surface area contributed by atoms with Gasteiger partial charge in [0.05, 0.1) is 11.4 Å². The van der Waals surface area contributed by atoms with Crippen LogP contribution in [0.3, 0.4) is 0 Å². The van der Waals surface area contributed by atoms with E-state index < -0.39 is 5.84 Å². The maximum absolute atomic E-state index is 8.84. The van der Waals surface area contributed by atoms with Gasteiger partial charge in [-0.2, -0.15) is 15.2 Å². The van der Waals surface area contributed by atoms with E-state index in [1.807, 2.05) is 19.1 Å². The van der Waals surface area contributed by atoms with E-state index in [0.717, 1.165) is 11.3 Å². The Morgan fingerprint density at radius 1 is 1.28 bits per heavy atom. The lowest BCUT2D eigenvalue weighted by molar-refractivity contribution is 0.765. The number of nitrogens with one attached hydrogen (secondary N) is 2. The summed E-state index contributed by atoms with van der Waals surface area (Å²) < 4.78 is 0. The van der Waals surface area contributed by atoms with Crippen molar-refractivity contribution < 1.29 is 0 Å². The molecule has 2 aromatic carbocycles. The summed E-state index contributed by atoms with van der Waals surface area (Å²) in [5.41, 5.74) is 11.4. The van der Waals surface area contributed by atoms with E-state index >= 15 is 0 Å². The van der Waals surface area contributed by atoms with Gasteiger partial charge in [-0.3, -0.25) is 10.8 Å². The third-order valence-electron chi connectivity index (χ3n) is 3.42. The number of nitrogens with zero attached hydrogens (tertiary/aromatic N) is 5.